The Hall–Kier alpha value is -6.32. The Kier molecular flexibility index (Phi) is 14.9. The normalized spacial score (nSPS) is 11.0. The van der Waals surface area contributed by atoms with Crippen LogP contribution >= 0.6 is 0 Å². The van der Waals surface area contributed by atoms with E-state index in [-0.39, 0.29) is 37.6 Å². The molecule has 0 saturated carbocycles. The fourth-order valence-electron chi connectivity index (χ4n) is 6.64. The molecule has 0 aliphatic rings. The van der Waals surface area contributed by atoms with E-state index in [0.29, 0.717) is 35.0 Å². The highest BCUT2D eigenvalue weighted by atomic mass is 16.2. The number of hydrogen-bond donors (Lipinski definition) is 4. The summed E-state index contributed by atoms with van der Waals surface area (Å²) in [6.07, 6.45) is 6.94. The van der Waals surface area contributed by atoms with E-state index in [2.05, 4.69) is 95.3 Å². The van der Waals surface area contributed by atoms with Crippen molar-refractivity contribution < 1.29 is 0 Å². The van der Waals surface area contributed by atoms with Crippen LogP contribution in [0, 0.1) is 0 Å². The number of aryl methyl sites for hydroxylation is 4. The molecule has 0 atom stereocenters. The van der Waals surface area contributed by atoms with Gasteiger partial charge in [0.05, 0.1) is 22.1 Å². The van der Waals surface area contributed by atoms with Crippen molar-refractivity contribution in [2.45, 2.75) is 93.9 Å². The fraction of sp³-hybridized carbons (Fsp3) is 0.429. The smallest absolute Gasteiger partial charge is 0.304 e. The summed E-state index contributed by atoms with van der Waals surface area (Å²) in [6, 6.07) is 7.81. The lowest BCUT2D eigenvalue weighted by Crippen LogP contribution is -2.19. The van der Waals surface area contributed by atoms with Crippen LogP contribution in [0.4, 0.5) is 0 Å². The summed E-state index contributed by atoms with van der Waals surface area (Å²) in [5, 5.41) is 0. The van der Waals surface area contributed by atoms with Gasteiger partial charge in [-0.2, -0.15) is 0 Å². The first-order valence-corrected chi connectivity index (χ1v) is 18.6. The van der Waals surface area contributed by atoms with Crippen LogP contribution in [0.5, 0.6) is 0 Å². The zero-order valence-electron chi connectivity index (χ0n) is 34.1. The molecule has 0 aliphatic heterocycles. The van der Waals surface area contributed by atoms with Gasteiger partial charge < -0.3 is 9.97 Å². The van der Waals surface area contributed by atoms with Crippen molar-refractivity contribution in [1.82, 2.24) is 58.1 Å². The van der Waals surface area contributed by atoms with Crippen LogP contribution in [0.25, 0.3) is 44.7 Å². The van der Waals surface area contributed by atoms with E-state index >= 15 is 0 Å². The largest absolute Gasteiger partial charge is 0.329 e. The number of rotatable bonds is 4. The van der Waals surface area contributed by atoms with Gasteiger partial charge in [0, 0.05) is 53.0 Å². The van der Waals surface area contributed by atoms with Crippen molar-refractivity contribution in [3.63, 3.8) is 0 Å². The number of aromatic amines is 4. The van der Waals surface area contributed by atoms with Crippen LogP contribution in [0.3, 0.4) is 0 Å². The molecule has 0 aromatic carbocycles. The van der Waals surface area contributed by atoms with Crippen LogP contribution in [0.1, 0.15) is 116 Å². The average molecular weight is 797 g/mol. The molecule has 0 spiro atoms. The summed E-state index contributed by atoms with van der Waals surface area (Å²) in [6.45, 7) is 16.8. The molecule has 0 amide bonds. The van der Waals surface area contributed by atoms with Gasteiger partial charge in [0.2, 0.25) is 0 Å². The van der Waals surface area contributed by atoms with Crippen LogP contribution in [0.15, 0.2) is 68.2 Å². The van der Waals surface area contributed by atoms with Crippen LogP contribution < -0.4 is 22.8 Å². The van der Waals surface area contributed by atoms with E-state index in [0.717, 1.165) is 50.1 Å². The summed E-state index contributed by atoms with van der Waals surface area (Å²) in [7, 11) is 7.02. The lowest BCUT2D eigenvalue weighted by molar-refractivity contribution is 0.786. The Morgan fingerprint density at radius 1 is 0.448 bits per heavy atom. The standard InChI is InChI=1S/C11H15N3O.2C10H13N3O.C9H11N3O.2CH4/c1-7(2)8-5-6-12-10-9(8)13(3)11(15)14(10)4;1-6(2)7-4-5-11-9-8(7)13(3)10(14)12-9;1-6(2)7-4-5-11-9-8(7)12-10(14)13(9)3;1-5(2)6-3-4-10-8-7(6)11-9(13)12-8;;/h5-7H,1-4H3;4-6H,1-3H3,(H,11,12,14);4-6H,1-3H3,(H,12,14);3-5H,1-2H3,(H2,10,11,12,13);2*1H4. The van der Waals surface area contributed by atoms with Gasteiger partial charge in [-0.05, 0) is 70.2 Å². The molecular formula is C42H60N12O4. The molecule has 0 fully saturated rings. The molecule has 16 heteroatoms. The molecule has 0 radical (unpaired) electrons. The highest BCUT2D eigenvalue weighted by Crippen LogP contribution is 2.24. The number of pyridine rings is 4. The summed E-state index contributed by atoms with van der Waals surface area (Å²) in [5.74, 6) is 1.56. The maximum absolute atomic E-state index is 11.7. The number of hydrogen-bond acceptors (Lipinski definition) is 8. The van der Waals surface area contributed by atoms with Gasteiger partial charge in [-0.15, -0.1) is 0 Å². The first kappa shape index (κ1) is 46.1. The van der Waals surface area contributed by atoms with Crippen molar-refractivity contribution in [3.8, 4) is 0 Å². The molecule has 8 aromatic rings. The third-order valence-corrected chi connectivity index (χ3v) is 9.74. The Morgan fingerprint density at radius 2 is 0.897 bits per heavy atom. The molecule has 58 heavy (non-hydrogen) atoms. The minimum atomic E-state index is -0.199. The molecule has 312 valence electrons. The Morgan fingerprint density at radius 3 is 1.45 bits per heavy atom. The third kappa shape index (κ3) is 9.11. The molecular weight excluding hydrogens is 737 g/mol. The molecule has 8 heterocycles. The fourth-order valence-corrected chi connectivity index (χ4v) is 6.64. The Balaban J connectivity index is 0.000000205. The zero-order valence-corrected chi connectivity index (χ0v) is 34.1. The van der Waals surface area contributed by atoms with Gasteiger partial charge in [0.15, 0.2) is 22.6 Å². The van der Waals surface area contributed by atoms with E-state index in [1.165, 1.54) is 10.1 Å². The van der Waals surface area contributed by atoms with Gasteiger partial charge in [0.25, 0.3) is 0 Å². The highest BCUT2D eigenvalue weighted by molar-refractivity contribution is 5.77. The van der Waals surface area contributed by atoms with E-state index in [1.54, 1.807) is 66.7 Å². The summed E-state index contributed by atoms with van der Waals surface area (Å²) in [5.41, 5.74) is 10.4. The monoisotopic (exact) mass is 796 g/mol. The number of nitrogens with zero attached hydrogens (tertiary/aromatic N) is 8. The third-order valence-electron chi connectivity index (χ3n) is 9.74. The number of aromatic nitrogens is 12. The molecule has 0 bridgehead atoms. The van der Waals surface area contributed by atoms with E-state index in [9.17, 15) is 19.2 Å². The van der Waals surface area contributed by atoms with Crippen LogP contribution in [-0.2, 0) is 28.2 Å². The van der Waals surface area contributed by atoms with Crippen LogP contribution in [-0.4, -0.2) is 58.1 Å². The Labute approximate surface area is 337 Å². The van der Waals surface area contributed by atoms with Crippen molar-refractivity contribution in [2.75, 3.05) is 0 Å². The predicted octanol–water partition coefficient (Wildman–Crippen LogP) is 6.81. The average Bonchev–Trinajstić information content (AvgIpc) is 3.85. The molecule has 0 aliphatic carbocycles. The maximum atomic E-state index is 11.7. The van der Waals surface area contributed by atoms with Crippen LogP contribution in [0.2, 0.25) is 0 Å². The lowest BCUT2D eigenvalue weighted by Gasteiger charge is -2.07. The molecule has 8 rings (SSSR count). The zero-order chi connectivity index (χ0) is 41.2. The second kappa shape index (κ2) is 18.7. The summed E-state index contributed by atoms with van der Waals surface area (Å²) < 4.78 is 6.39. The first-order valence-electron chi connectivity index (χ1n) is 18.6. The quantitative estimate of drug-likeness (QED) is 0.149. The molecule has 4 N–H and O–H groups in total. The van der Waals surface area contributed by atoms with Crippen molar-refractivity contribution in [2.24, 2.45) is 28.2 Å². The van der Waals surface area contributed by atoms with E-state index in [1.807, 2.05) is 24.3 Å². The number of imidazole rings is 4. The minimum Gasteiger partial charge on any atom is -0.304 e. The minimum absolute atomic E-state index is 0. The first-order chi connectivity index (χ1) is 26.4. The molecule has 0 unspecified atom stereocenters. The highest BCUT2D eigenvalue weighted by Gasteiger charge is 2.15. The van der Waals surface area contributed by atoms with Gasteiger partial charge >= 0.3 is 22.8 Å². The number of fused-ring (bicyclic) bond motifs is 4. The SMILES string of the molecule is C.C.CC(C)c1ccnc2[nH]c(=O)[nH]c12.CC(C)c1ccnc2[nH]c(=O)n(C)c12.CC(C)c1ccnc2c1[nH]c(=O)n2C.CC(C)c1ccnc2c1n(C)c(=O)n2C. The lowest BCUT2D eigenvalue weighted by atomic mass is 10.0. The van der Waals surface area contributed by atoms with Crippen molar-refractivity contribution >= 4 is 44.7 Å². The van der Waals surface area contributed by atoms with Crippen molar-refractivity contribution in [1.29, 1.82) is 0 Å². The van der Waals surface area contributed by atoms with E-state index in [4.69, 9.17) is 0 Å². The summed E-state index contributed by atoms with van der Waals surface area (Å²) in [4.78, 5) is 73.0. The van der Waals surface area contributed by atoms with Gasteiger partial charge in [-0.1, -0.05) is 70.2 Å². The maximum Gasteiger partial charge on any atom is 0.329 e. The van der Waals surface area contributed by atoms with Gasteiger partial charge in [-0.25, -0.2) is 39.1 Å². The topological polar surface area (TPSA) is 203 Å². The Bertz CT molecular complexity index is 2870. The molecule has 8 aromatic heterocycles. The van der Waals surface area contributed by atoms with Gasteiger partial charge in [-0.3, -0.25) is 28.2 Å². The van der Waals surface area contributed by atoms with Crippen molar-refractivity contribution in [3.05, 3.63) is 113 Å². The second-order valence-corrected chi connectivity index (χ2v) is 15.0. The number of H-pyrrole nitrogens is 4. The molecule has 16 nitrogen and oxygen atoms in total. The van der Waals surface area contributed by atoms with Gasteiger partial charge in [0.1, 0.15) is 0 Å². The molecule has 0 saturated heterocycles. The predicted molar refractivity (Wildman–Crippen MR) is 235 cm³/mol. The number of nitrogens with one attached hydrogen (secondary N) is 4. The van der Waals surface area contributed by atoms with E-state index < -0.39 is 0 Å². The summed E-state index contributed by atoms with van der Waals surface area (Å²) >= 11 is 0. The second-order valence-electron chi connectivity index (χ2n) is 15.0.